The number of aromatic nitrogens is 1. The number of rotatable bonds is 3. The van der Waals surface area contributed by atoms with Gasteiger partial charge in [-0.05, 0) is 62.8 Å². The van der Waals surface area contributed by atoms with Gasteiger partial charge in [-0.3, -0.25) is 4.98 Å². The summed E-state index contributed by atoms with van der Waals surface area (Å²) in [6, 6.07) is 11.1. The number of pyridine rings is 1. The van der Waals surface area contributed by atoms with Crippen molar-refractivity contribution in [3.05, 3.63) is 36.0 Å². The van der Waals surface area contributed by atoms with E-state index in [0.717, 1.165) is 23.7 Å². The van der Waals surface area contributed by atoms with Crippen molar-refractivity contribution < 1.29 is 0 Å². The van der Waals surface area contributed by atoms with E-state index in [0.29, 0.717) is 6.04 Å². The summed E-state index contributed by atoms with van der Waals surface area (Å²) in [5, 5.41) is 4.77. The predicted molar refractivity (Wildman–Crippen MR) is 84.9 cm³/mol. The molecule has 3 heteroatoms. The summed E-state index contributed by atoms with van der Waals surface area (Å²) in [5.74, 6) is 0.765. The third kappa shape index (κ3) is 3.10. The fourth-order valence-corrected chi connectivity index (χ4v) is 2.99. The second-order valence-corrected chi connectivity index (χ2v) is 6.02. The largest absolute Gasteiger partial charge is 0.385 e. The second-order valence-electron chi connectivity index (χ2n) is 6.02. The fraction of sp³-hybridized carbons (Fsp3) is 0.471. The zero-order chi connectivity index (χ0) is 13.9. The van der Waals surface area contributed by atoms with E-state index in [1.165, 1.54) is 36.8 Å². The van der Waals surface area contributed by atoms with Gasteiger partial charge in [-0.15, -0.1) is 0 Å². The molecule has 1 aromatic carbocycles. The highest BCUT2D eigenvalue weighted by atomic mass is 14.9. The Kier molecular flexibility index (Phi) is 3.88. The Morgan fingerprint density at radius 1 is 1.15 bits per heavy atom. The van der Waals surface area contributed by atoms with Crippen molar-refractivity contribution in [3.8, 4) is 0 Å². The molecule has 0 radical (unpaired) electrons. The summed E-state index contributed by atoms with van der Waals surface area (Å²) < 4.78 is 0. The molecule has 0 saturated heterocycles. The van der Waals surface area contributed by atoms with Crippen LogP contribution in [0.15, 0.2) is 30.3 Å². The van der Waals surface area contributed by atoms with Crippen LogP contribution in [0.3, 0.4) is 0 Å². The van der Waals surface area contributed by atoms with Crippen molar-refractivity contribution in [2.24, 2.45) is 11.7 Å². The molecule has 1 heterocycles. The average molecular weight is 269 g/mol. The molecule has 1 aliphatic rings. The Morgan fingerprint density at radius 2 is 1.95 bits per heavy atom. The van der Waals surface area contributed by atoms with Gasteiger partial charge in [0.15, 0.2) is 0 Å². The molecular weight excluding hydrogens is 246 g/mol. The molecule has 3 N–H and O–H groups in total. The Labute approximate surface area is 120 Å². The Morgan fingerprint density at radius 3 is 2.75 bits per heavy atom. The number of hydrogen-bond acceptors (Lipinski definition) is 3. The van der Waals surface area contributed by atoms with Crippen LogP contribution in [0.4, 0.5) is 5.69 Å². The van der Waals surface area contributed by atoms with Gasteiger partial charge in [0.25, 0.3) is 0 Å². The van der Waals surface area contributed by atoms with Crippen LogP contribution in [0.2, 0.25) is 0 Å². The number of aryl methyl sites for hydroxylation is 1. The zero-order valence-electron chi connectivity index (χ0n) is 12.1. The van der Waals surface area contributed by atoms with Gasteiger partial charge < -0.3 is 11.1 Å². The molecule has 1 aromatic heterocycles. The lowest BCUT2D eigenvalue weighted by molar-refractivity contribution is 0.339. The molecule has 0 aliphatic heterocycles. The highest BCUT2D eigenvalue weighted by Gasteiger charge is 2.18. The summed E-state index contributed by atoms with van der Waals surface area (Å²) in [5.41, 5.74) is 9.28. The van der Waals surface area contributed by atoms with Gasteiger partial charge in [0.05, 0.1) is 5.52 Å². The zero-order valence-corrected chi connectivity index (χ0v) is 12.1. The van der Waals surface area contributed by atoms with E-state index in [1.54, 1.807) is 0 Å². The monoisotopic (exact) mass is 269 g/mol. The molecule has 0 unspecified atom stereocenters. The van der Waals surface area contributed by atoms with Gasteiger partial charge in [-0.25, -0.2) is 0 Å². The van der Waals surface area contributed by atoms with Crippen molar-refractivity contribution in [1.82, 2.24) is 4.98 Å². The van der Waals surface area contributed by atoms with Crippen LogP contribution in [0, 0.1) is 12.8 Å². The van der Waals surface area contributed by atoms with E-state index in [1.807, 2.05) is 6.92 Å². The highest BCUT2D eigenvalue weighted by molar-refractivity contribution is 5.82. The lowest BCUT2D eigenvalue weighted by Crippen LogP contribution is -2.29. The number of benzene rings is 1. The van der Waals surface area contributed by atoms with E-state index < -0.39 is 0 Å². The molecule has 0 bridgehead atoms. The van der Waals surface area contributed by atoms with Crippen LogP contribution >= 0.6 is 0 Å². The molecule has 0 amide bonds. The van der Waals surface area contributed by atoms with E-state index in [9.17, 15) is 0 Å². The maximum atomic E-state index is 5.95. The summed E-state index contributed by atoms with van der Waals surface area (Å²) in [7, 11) is 0. The van der Waals surface area contributed by atoms with E-state index in [2.05, 4.69) is 40.6 Å². The summed E-state index contributed by atoms with van der Waals surface area (Å²) in [4.78, 5) is 4.53. The number of anilines is 1. The Balaban J connectivity index is 1.64. The van der Waals surface area contributed by atoms with Crippen molar-refractivity contribution in [2.75, 3.05) is 11.9 Å². The SMILES string of the molecule is Cc1ccc2cc(NC[C@H]3CC[C@H](N)CC3)ccc2n1. The van der Waals surface area contributed by atoms with Crippen LogP contribution in [0.1, 0.15) is 31.4 Å². The number of nitrogens with two attached hydrogens (primary N) is 1. The van der Waals surface area contributed by atoms with Gasteiger partial charge in [-0.1, -0.05) is 6.07 Å². The molecule has 3 rings (SSSR count). The van der Waals surface area contributed by atoms with Gasteiger partial charge in [0.1, 0.15) is 0 Å². The van der Waals surface area contributed by atoms with E-state index >= 15 is 0 Å². The molecule has 0 atom stereocenters. The van der Waals surface area contributed by atoms with Crippen LogP contribution in [0.25, 0.3) is 10.9 Å². The molecule has 3 nitrogen and oxygen atoms in total. The number of fused-ring (bicyclic) bond motifs is 1. The number of hydrogen-bond donors (Lipinski definition) is 2. The van der Waals surface area contributed by atoms with Gasteiger partial charge in [-0.2, -0.15) is 0 Å². The first kappa shape index (κ1) is 13.4. The maximum absolute atomic E-state index is 5.95. The van der Waals surface area contributed by atoms with E-state index in [-0.39, 0.29) is 0 Å². The van der Waals surface area contributed by atoms with Crippen LogP contribution in [0.5, 0.6) is 0 Å². The molecule has 1 fully saturated rings. The Hall–Kier alpha value is -1.61. The summed E-state index contributed by atoms with van der Waals surface area (Å²) in [6.07, 6.45) is 4.85. The first-order chi connectivity index (χ1) is 9.70. The molecule has 1 saturated carbocycles. The van der Waals surface area contributed by atoms with Crippen LogP contribution < -0.4 is 11.1 Å². The normalized spacial score (nSPS) is 22.9. The van der Waals surface area contributed by atoms with Gasteiger partial charge in [0.2, 0.25) is 0 Å². The molecular formula is C17H23N3. The first-order valence-electron chi connectivity index (χ1n) is 7.57. The minimum absolute atomic E-state index is 0.432. The highest BCUT2D eigenvalue weighted by Crippen LogP contribution is 2.24. The van der Waals surface area contributed by atoms with Crippen molar-refractivity contribution in [3.63, 3.8) is 0 Å². The van der Waals surface area contributed by atoms with Gasteiger partial charge in [0, 0.05) is 29.4 Å². The number of nitrogens with one attached hydrogen (secondary N) is 1. The smallest absolute Gasteiger partial charge is 0.0706 e. The standard InChI is InChI=1S/C17H23N3/c1-12-2-5-14-10-16(8-9-17(14)20-12)19-11-13-3-6-15(18)7-4-13/h2,5,8-10,13,15,19H,3-4,6-7,11,18H2,1H3/t13-,15-. The third-order valence-corrected chi connectivity index (χ3v) is 4.31. The molecule has 2 aromatic rings. The predicted octanol–water partition coefficient (Wildman–Crippen LogP) is 3.47. The summed E-state index contributed by atoms with van der Waals surface area (Å²) >= 11 is 0. The topological polar surface area (TPSA) is 50.9 Å². The second kappa shape index (κ2) is 5.80. The third-order valence-electron chi connectivity index (χ3n) is 4.31. The van der Waals surface area contributed by atoms with Crippen molar-refractivity contribution in [1.29, 1.82) is 0 Å². The fourth-order valence-electron chi connectivity index (χ4n) is 2.99. The maximum Gasteiger partial charge on any atom is 0.0706 e. The van der Waals surface area contributed by atoms with Crippen LogP contribution in [-0.2, 0) is 0 Å². The molecule has 0 spiro atoms. The van der Waals surface area contributed by atoms with Gasteiger partial charge >= 0.3 is 0 Å². The first-order valence-corrected chi connectivity index (χ1v) is 7.57. The molecule has 20 heavy (non-hydrogen) atoms. The Bertz CT molecular complexity index is 586. The summed E-state index contributed by atoms with van der Waals surface area (Å²) in [6.45, 7) is 3.08. The minimum atomic E-state index is 0.432. The molecule has 106 valence electrons. The molecule has 1 aliphatic carbocycles. The lowest BCUT2D eigenvalue weighted by Gasteiger charge is -2.26. The van der Waals surface area contributed by atoms with Crippen LogP contribution in [-0.4, -0.2) is 17.6 Å². The number of nitrogens with zero attached hydrogens (tertiary/aromatic N) is 1. The minimum Gasteiger partial charge on any atom is -0.385 e. The van der Waals surface area contributed by atoms with Crippen molar-refractivity contribution in [2.45, 2.75) is 38.6 Å². The quantitative estimate of drug-likeness (QED) is 0.897. The average Bonchev–Trinajstić information content (AvgIpc) is 2.46. The van der Waals surface area contributed by atoms with Crippen molar-refractivity contribution >= 4 is 16.6 Å². The lowest BCUT2D eigenvalue weighted by atomic mass is 9.86. The van der Waals surface area contributed by atoms with E-state index in [4.69, 9.17) is 5.73 Å².